The van der Waals surface area contributed by atoms with Crippen LogP contribution in [-0.2, 0) is 10.0 Å². The third kappa shape index (κ3) is 3.06. The minimum absolute atomic E-state index is 0.0219. The molecule has 2 aromatic heterocycles. The van der Waals surface area contributed by atoms with Crippen LogP contribution in [0.3, 0.4) is 0 Å². The van der Waals surface area contributed by atoms with E-state index in [0.29, 0.717) is 11.5 Å². The van der Waals surface area contributed by atoms with Gasteiger partial charge in [0, 0.05) is 18.1 Å². The fourth-order valence-corrected chi connectivity index (χ4v) is 3.77. The fourth-order valence-electron chi connectivity index (χ4n) is 1.72. The minimum Gasteiger partial charge on any atom is -0.381 e. The second kappa shape index (κ2) is 5.45. The Balaban J connectivity index is 2.15. The van der Waals surface area contributed by atoms with Crippen LogP contribution in [0.25, 0.3) is 4.96 Å². The standard InChI is InChI=1S/C10H17N5O2S2/c1-14(2)5-3-4-12-19(16,17)9-8(11)13-10-15(9)6-7-18-10/h6-7,12H,3-5,11H2,1-2H3. The summed E-state index contributed by atoms with van der Waals surface area (Å²) in [6.45, 7) is 1.19. The highest BCUT2D eigenvalue weighted by molar-refractivity contribution is 7.89. The quantitative estimate of drug-likeness (QED) is 0.744. The number of hydrogen-bond acceptors (Lipinski definition) is 6. The average Bonchev–Trinajstić information content (AvgIpc) is 2.83. The minimum atomic E-state index is -3.63. The zero-order valence-electron chi connectivity index (χ0n) is 10.8. The van der Waals surface area contributed by atoms with Crippen molar-refractivity contribution in [2.45, 2.75) is 11.4 Å². The van der Waals surface area contributed by atoms with Gasteiger partial charge in [-0.3, -0.25) is 4.40 Å². The maximum Gasteiger partial charge on any atom is 0.260 e. The van der Waals surface area contributed by atoms with Crippen LogP contribution in [0.5, 0.6) is 0 Å². The van der Waals surface area contributed by atoms with E-state index in [1.54, 1.807) is 11.6 Å². The molecule has 0 unspecified atom stereocenters. The molecular weight excluding hydrogens is 286 g/mol. The lowest BCUT2D eigenvalue weighted by Crippen LogP contribution is -2.28. The Hall–Kier alpha value is -1.16. The first-order valence-electron chi connectivity index (χ1n) is 5.77. The molecular formula is C10H17N5O2S2. The molecule has 7 nitrogen and oxygen atoms in total. The van der Waals surface area contributed by atoms with Gasteiger partial charge in [-0.1, -0.05) is 0 Å². The smallest absolute Gasteiger partial charge is 0.260 e. The van der Waals surface area contributed by atoms with Gasteiger partial charge in [0.05, 0.1) is 0 Å². The molecule has 0 atom stereocenters. The zero-order valence-corrected chi connectivity index (χ0v) is 12.5. The Morgan fingerprint density at radius 1 is 1.53 bits per heavy atom. The number of fused-ring (bicyclic) bond motifs is 1. The predicted molar refractivity (Wildman–Crippen MR) is 75.8 cm³/mol. The molecule has 0 amide bonds. The normalized spacial score (nSPS) is 12.6. The highest BCUT2D eigenvalue weighted by Crippen LogP contribution is 2.22. The van der Waals surface area contributed by atoms with Crippen molar-refractivity contribution in [2.75, 3.05) is 32.9 Å². The van der Waals surface area contributed by atoms with E-state index in [1.165, 1.54) is 15.7 Å². The Labute approximate surface area is 116 Å². The Morgan fingerprint density at radius 2 is 2.26 bits per heavy atom. The van der Waals surface area contributed by atoms with Gasteiger partial charge in [-0.15, -0.1) is 11.3 Å². The van der Waals surface area contributed by atoms with E-state index in [0.717, 1.165) is 13.0 Å². The first kappa shape index (κ1) is 14.3. The van der Waals surface area contributed by atoms with Gasteiger partial charge in [-0.05, 0) is 27.1 Å². The van der Waals surface area contributed by atoms with Crippen LogP contribution in [0.4, 0.5) is 5.82 Å². The van der Waals surface area contributed by atoms with Crippen molar-refractivity contribution in [3.05, 3.63) is 11.6 Å². The third-order valence-corrected chi connectivity index (χ3v) is 4.83. The number of thiazole rings is 1. The van der Waals surface area contributed by atoms with E-state index in [4.69, 9.17) is 5.73 Å². The van der Waals surface area contributed by atoms with E-state index in [1.807, 2.05) is 19.0 Å². The van der Waals surface area contributed by atoms with Gasteiger partial charge in [0.15, 0.2) is 15.8 Å². The van der Waals surface area contributed by atoms with Crippen molar-refractivity contribution in [2.24, 2.45) is 0 Å². The number of hydrogen-bond donors (Lipinski definition) is 2. The van der Waals surface area contributed by atoms with Gasteiger partial charge in [-0.2, -0.15) is 0 Å². The van der Waals surface area contributed by atoms with E-state index in [-0.39, 0.29) is 10.8 Å². The van der Waals surface area contributed by atoms with Crippen LogP contribution in [-0.4, -0.2) is 49.9 Å². The molecule has 0 aliphatic rings. The summed E-state index contributed by atoms with van der Waals surface area (Å²) in [5, 5.41) is 1.79. The van der Waals surface area contributed by atoms with Gasteiger partial charge in [0.2, 0.25) is 0 Å². The SMILES string of the molecule is CN(C)CCCNS(=O)(=O)c1c(N)nc2sccn12. The molecule has 2 aromatic rings. The van der Waals surface area contributed by atoms with Gasteiger partial charge < -0.3 is 10.6 Å². The molecule has 0 aliphatic carbocycles. The van der Waals surface area contributed by atoms with E-state index < -0.39 is 10.0 Å². The fraction of sp³-hybridized carbons (Fsp3) is 0.500. The summed E-state index contributed by atoms with van der Waals surface area (Å²) < 4.78 is 28.5. The number of nitrogen functional groups attached to an aromatic ring is 1. The third-order valence-electron chi connectivity index (χ3n) is 2.57. The van der Waals surface area contributed by atoms with Crippen LogP contribution in [0.2, 0.25) is 0 Å². The van der Waals surface area contributed by atoms with E-state index in [2.05, 4.69) is 9.71 Å². The molecule has 0 bridgehead atoms. The monoisotopic (exact) mass is 303 g/mol. The molecule has 0 saturated heterocycles. The molecule has 0 aliphatic heterocycles. The molecule has 3 N–H and O–H groups in total. The molecule has 2 rings (SSSR count). The van der Waals surface area contributed by atoms with Gasteiger partial charge >= 0.3 is 0 Å². The van der Waals surface area contributed by atoms with E-state index >= 15 is 0 Å². The van der Waals surface area contributed by atoms with E-state index in [9.17, 15) is 8.42 Å². The summed E-state index contributed by atoms with van der Waals surface area (Å²) >= 11 is 1.34. The number of nitrogens with one attached hydrogen (secondary N) is 1. The number of imidazole rings is 1. The largest absolute Gasteiger partial charge is 0.381 e. The molecule has 0 radical (unpaired) electrons. The number of rotatable bonds is 6. The average molecular weight is 303 g/mol. The van der Waals surface area contributed by atoms with Crippen LogP contribution in [0.1, 0.15) is 6.42 Å². The molecule has 0 saturated carbocycles. The Bertz CT molecular complexity index is 659. The van der Waals surface area contributed by atoms with Crippen molar-refractivity contribution in [1.82, 2.24) is 19.0 Å². The van der Waals surface area contributed by atoms with Crippen LogP contribution < -0.4 is 10.5 Å². The molecule has 0 aromatic carbocycles. The molecule has 2 heterocycles. The first-order chi connectivity index (χ1) is 8.92. The number of nitrogens with two attached hydrogens (primary N) is 1. The number of anilines is 1. The van der Waals surface area contributed by atoms with Crippen LogP contribution >= 0.6 is 11.3 Å². The topological polar surface area (TPSA) is 92.7 Å². The second-order valence-corrected chi connectivity index (χ2v) is 6.97. The second-order valence-electron chi connectivity index (χ2n) is 4.41. The van der Waals surface area contributed by atoms with Gasteiger partial charge in [0.25, 0.3) is 10.0 Å². The van der Waals surface area contributed by atoms with Crippen LogP contribution in [0, 0.1) is 0 Å². The highest BCUT2D eigenvalue weighted by Gasteiger charge is 2.23. The first-order valence-corrected chi connectivity index (χ1v) is 8.13. The highest BCUT2D eigenvalue weighted by atomic mass is 32.2. The van der Waals surface area contributed by atoms with Gasteiger partial charge in [0.1, 0.15) is 0 Å². The lowest BCUT2D eigenvalue weighted by molar-refractivity contribution is 0.400. The van der Waals surface area contributed by atoms with Crippen molar-refractivity contribution >= 4 is 32.1 Å². The number of sulfonamides is 1. The Morgan fingerprint density at radius 3 is 2.95 bits per heavy atom. The summed E-state index contributed by atoms with van der Waals surface area (Å²) in [6.07, 6.45) is 2.38. The van der Waals surface area contributed by atoms with Crippen molar-refractivity contribution < 1.29 is 8.42 Å². The summed E-state index contributed by atoms with van der Waals surface area (Å²) in [4.78, 5) is 6.60. The molecule has 106 valence electrons. The lowest BCUT2D eigenvalue weighted by Gasteiger charge is -2.10. The van der Waals surface area contributed by atoms with Crippen molar-refractivity contribution in [3.63, 3.8) is 0 Å². The molecule has 19 heavy (non-hydrogen) atoms. The lowest BCUT2D eigenvalue weighted by atomic mass is 10.4. The maximum absolute atomic E-state index is 12.2. The van der Waals surface area contributed by atoms with Crippen molar-refractivity contribution in [3.8, 4) is 0 Å². The summed E-state index contributed by atoms with van der Waals surface area (Å²) in [6, 6.07) is 0. The molecule has 0 spiro atoms. The summed E-state index contributed by atoms with van der Waals surface area (Å²) in [5.74, 6) is 0.0342. The number of nitrogens with zero attached hydrogens (tertiary/aromatic N) is 3. The Kier molecular flexibility index (Phi) is 4.09. The van der Waals surface area contributed by atoms with Crippen molar-refractivity contribution in [1.29, 1.82) is 0 Å². The molecule has 0 fully saturated rings. The van der Waals surface area contributed by atoms with Crippen LogP contribution in [0.15, 0.2) is 16.6 Å². The predicted octanol–water partition coefficient (Wildman–Crippen LogP) is 0.208. The summed E-state index contributed by atoms with van der Waals surface area (Å²) in [5.41, 5.74) is 5.68. The zero-order chi connectivity index (χ0) is 14.0. The van der Waals surface area contributed by atoms with Gasteiger partial charge in [-0.25, -0.2) is 18.1 Å². The maximum atomic E-state index is 12.2. The summed E-state index contributed by atoms with van der Waals surface area (Å²) in [7, 11) is 0.257. The molecule has 9 heteroatoms. The number of aromatic nitrogens is 2.